The second-order valence-corrected chi connectivity index (χ2v) is 4.71. The van der Waals surface area contributed by atoms with Gasteiger partial charge in [0.05, 0.1) is 5.56 Å². The van der Waals surface area contributed by atoms with Crippen molar-refractivity contribution in [1.82, 2.24) is 5.09 Å². The predicted octanol–water partition coefficient (Wildman–Crippen LogP) is 0.797. The summed E-state index contributed by atoms with van der Waals surface area (Å²) < 4.78 is 16.0. The number of nitrogens with two attached hydrogens (primary N) is 2. The molecule has 0 spiro atoms. The molecule has 0 unspecified atom stereocenters. The van der Waals surface area contributed by atoms with E-state index in [1.165, 1.54) is 12.3 Å². The van der Waals surface area contributed by atoms with Gasteiger partial charge in [-0.3, -0.25) is 25.5 Å². The Hall–Kier alpha value is -0.620. The first kappa shape index (κ1) is 10.5. The van der Waals surface area contributed by atoms with E-state index in [0.29, 0.717) is 4.67 Å². The number of carbonyl (C=O) groups excluding carboxylic acids is 1. The second kappa shape index (κ2) is 3.63. The highest BCUT2D eigenvalue weighted by molar-refractivity contribution is 9.10. The third kappa shape index (κ3) is 3.31. The molecule has 0 aromatic carbocycles. The summed E-state index contributed by atoms with van der Waals surface area (Å²) in [4.78, 5) is 11.1. The first-order valence-electron chi connectivity index (χ1n) is 3.12. The standard InChI is InChI=1S/C5H7BrN3O3P/c6-4-1-3(2-12-4)5(10)9-13(7,8)11/h1-2H,(H5,7,8,9,10,11). The van der Waals surface area contributed by atoms with E-state index in [-0.39, 0.29) is 5.56 Å². The van der Waals surface area contributed by atoms with Crippen LogP contribution in [0.4, 0.5) is 0 Å². The van der Waals surface area contributed by atoms with E-state index < -0.39 is 13.5 Å². The summed E-state index contributed by atoms with van der Waals surface area (Å²) in [6, 6.07) is 1.41. The van der Waals surface area contributed by atoms with Crippen molar-refractivity contribution in [3.05, 3.63) is 22.6 Å². The van der Waals surface area contributed by atoms with Crippen molar-refractivity contribution < 1.29 is 13.8 Å². The second-order valence-electron chi connectivity index (χ2n) is 2.29. The Morgan fingerprint density at radius 3 is 2.62 bits per heavy atom. The SMILES string of the molecule is NP(N)(=O)NC(=O)c1coc(Br)c1. The number of hydrogen-bond acceptors (Lipinski definition) is 3. The summed E-state index contributed by atoms with van der Waals surface area (Å²) in [5.41, 5.74) is 10.1. The molecule has 0 aliphatic rings. The van der Waals surface area contributed by atoms with Crippen LogP contribution in [0.15, 0.2) is 21.4 Å². The summed E-state index contributed by atoms with van der Waals surface area (Å²) in [5, 5.41) is 1.94. The lowest BCUT2D eigenvalue weighted by Gasteiger charge is -2.06. The highest BCUT2D eigenvalue weighted by Gasteiger charge is 2.16. The van der Waals surface area contributed by atoms with Gasteiger partial charge in [-0.05, 0) is 15.9 Å². The van der Waals surface area contributed by atoms with Crippen molar-refractivity contribution in [3.63, 3.8) is 0 Å². The monoisotopic (exact) mass is 267 g/mol. The summed E-state index contributed by atoms with van der Waals surface area (Å²) >= 11 is 3.00. The highest BCUT2D eigenvalue weighted by Crippen LogP contribution is 2.20. The van der Waals surface area contributed by atoms with Crippen LogP contribution in [0.25, 0.3) is 0 Å². The fourth-order valence-corrected chi connectivity index (χ4v) is 1.44. The molecule has 0 saturated carbocycles. The van der Waals surface area contributed by atoms with Crippen LogP contribution in [-0.2, 0) is 4.57 Å². The average Bonchev–Trinajstić information content (AvgIpc) is 2.31. The Balaban J connectivity index is 2.75. The molecule has 72 valence electrons. The van der Waals surface area contributed by atoms with Crippen LogP contribution in [0.5, 0.6) is 0 Å². The first-order chi connectivity index (χ1) is 5.88. The van der Waals surface area contributed by atoms with Gasteiger partial charge in [0.1, 0.15) is 6.26 Å². The zero-order valence-electron chi connectivity index (χ0n) is 6.36. The smallest absolute Gasteiger partial charge is 0.300 e. The zero-order valence-corrected chi connectivity index (χ0v) is 8.84. The van der Waals surface area contributed by atoms with Gasteiger partial charge in [0.15, 0.2) is 4.67 Å². The lowest BCUT2D eigenvalue weighted by Crippen LogP contribution is -2.28. The van der Waals surface area contributed by atoms with E-state index in [1.54, 1.807) is 0 Å². The minimum atomic E-state index is -3.53. The molecular formula is C5H7BrN3O3P. The lowest BCUT2D eigenvalue weighted by atomic mass is 10.3. The molecule has 1 amide bonds. The van der Waals surface area contributed by atoms with Gasteiger partial charge in [-0.15, -0.1) is 0 Å². The summed E-state index contributed by atoms with van der Waals surface area (Å²) in [6.07, 6.45) is 1.19. The van der Waals surface area contributed by atoms with Crippen LogP contribution in [0.1, 0.15) is 10.4 Å². The van der Waals surface area contributed by atoms with Gasteiger partial charge in [-0.25, -0.2) is 0 Å². The van der Waals surface area contributed by atoms with Crippen LogP contribution in [0, 0.1) is 0 Å². The number of amides is 1. The van der Waals surface area contributed by atoms with Gasteiger partial charge in [0.2, 0.25) is 0 Å². The van der Waals surface area contributed by atoms with Gasteiger partial charge < -0.3 is 4.42 Å². The number of furan rings is 1. The molecule has 8 heteroatoms. The van der Waals surface area contributed by atoms with Gasteiger partial charge in [-0.2, -0.15) is 0 Å². The topological polar surface area (TPSA) is 111 Å². The number of carbonyl (C=O) groups is 1. The van der Waals surface area contributed by atoms with E-state index in [2.05, 4.69) is 15.9 Å². The Kier molecular flexibility index (Phi) is 2.92. The Morgan fingerprint density at radius 2 is 2.23 bits per heavy atom. The van der Waals surface area contributed by atoms with Crippen LogP contribution in [0.2, 0.25) is 0 Å². The molecule has 6 nitrogen and oxygen atoms in total. The maximum Gasteiger partial charge on any atom is 0.300 e. The largest absolute Gasteiger partial charge is 0.457 e. The number of rotatable bonds is 2. The van der Waals surface area contributed by atoms with Crippen molar-refractivity contribution in [2.45, 2.75) is 0 Å². The summed E-state index contributed by atoms with van der Waals surface area (Å²) in [7, 11) is -3.53. The molecule has 1 aromatic rings. The normalized spacial score (nSPS) is 11.3. The maximum absolute atomic E-state index is 11.1. The van der Waals surface area contributed by atoms with E-state index in [0.717, 1.165) is 0 Å². The number of hydrogen-bond donors (Lipinski definition) is 3. The average molecular weight is 268 g/mol. The molecule has 1 aromatic heterocycles. The molecule has 0 fully saturated rings. The maximum atomic E-state index is 11.1. The Labute approximate surface area is 82.3 Å². The quantitative estimate of drug-likeness (QED) is 0.687. The molecule has 5 N–H and O–H groups in total. The van der Waals surface area contributed by atoms with Crippen LogP contribution < -0.4 is 16.1 Å². The Bertz CT molecular complexity index is 371. The molecular weight excluding hydrogens is 261 g/mol. The molecule has 0 saturated heterocycles. The van der Waals surface area contributed by atoms with Crippen molar-refractivity contribution in [3.8, 4) is 0 Å². The third-order valence-corrected chi connectivity index (χ3v) is 2.07. The van der Waals surface area contributed by atoms with E-state index >= 15 is 0 Å². The summed E-state index contributed by atoms with van der Waals surface area (Å²) in [6.45, 7) is 0. The fourth-order valence-electron chi connectivity index (χ4n) is 0.652. The highest BCUT2D eigenvalue weighted by atomic mass is 79.9. The van der Waals surface area contributed by atoms with Crippen LogP contribution in [0.3, 0.4) is 0 Å². The van der Waals surface area contributed by atoms with Gasteiger partial charge in [-0.1, -0.05) is 0 Å². The molecule has 0 aliphatic heterocycles. The van der Waals surface area contributed by atoms with E-state index in [1.807, 2.05) is 5.09 Å². The van der Waals surface area contributed by atoms with Crippen molar-refractivity contribution in [2.75, 3.05) is 0 Å². The van der Waals surface area contributed by atoms with E-state index in [9.17, 15) is 9.36 Å². The van der Waals surface area contributed by atoms with Crippen molar-refractivity contribution in [1.29, 1.82) is 0 Å². The molecule has 13 heavy (non-hydrogen) atoms. The zero-order chi connectivity index (χ0) is 10.1. The summed E-state index contributed by atoms with van der Waals surface area (Å²) in [5.74, 6) is -0.636. The molecule has 0 bridgehead atoms. The van der Waals surface area contributed by atoms with Crippen LogP contribution >= 0.6 is 23.5 Å². The predicted molar refractivity (Wildman–Crippen MR) is 49.9 cm³/mol. The van der Waals surface area contributed by atoms with Crippen molar-refractivity contribution >= 4 is 29.4 Å². The molecule has 1 heterocycles. The van der Waals surface area contributed by atoms with Gasteiger partial charge in [0.25, 0.3) is 5.91 Å². The number of halogens is 1. The molecule has 0 aliphatic carbocycles. The van der Waals surface area contributed by atoms with Crippen molar-refractivity contribution in [2.24, 2.45) is 11.0 Å². The van der Waals surface area contributed by atoms with Crippen LogP contribution in [-0.4, -0.2) is 5.91 Å². The number of nitrogens with one attached hydrogen (secondary N) is 1. The molecule has 0 radical (unpaired) electrons. The molecule has 1 rings (SSSR count). The first-order valence-corrected chi connectivity index (χ1v) is 5.76. The minimum absolute atomic E-state index is 0.197. The van der Waals surface area contributed by atoms with E-state index in [4.69, 9.17) is 15.4 Å². The molecule has 0 atom stereocenters. The van der Waals surface area contributed by atoms with Gasteiger partial charge in [0, 0.05) is 6.07 Å². The minimum Gasteiger partial charge on any atom is -0.457 e. The fraction of sp³-hybridized carbons (Fsp3) is 0. The Morgan fingerprint density at radius 1 is 1.62 bits per heavy atom. The third-order valence-electron chi connectivity index (χ3n) is 1.11. The van der Waals surface area contributed by atoms with Gasteiger partial charge >= 0.3 is 7.59 Å². The lowest BCUT2D eigenvalue weighted by molar-refractivity contribution is 0.0980.